The first-order valence-electron chi connectivity index (χ1n) is 8.57. The van der Waals surface area contributed by atoms with E-state index in [4.69, 9.17) is 4.74 Å². The van der Waals surface area contributed by atoms with E-state index in [0.717, 1.165) is 31.5 Å². The molecule has 3 aliphatic rings. The van der Waals surface area contributed by atoms with Gasteiger partial charge in [0.05, 0.1) is 6.61 Å². The van der Waals surface area contributed by atoms with Gasteiger partial charge < -0.3 is 15.4 Å². The number of hydrogen-bond acceptors (Lipinski definition) is 6. The molecule has 1 spiro atoms. The summed E-state index contributed by atoms with van der Waals surface area (Å²) in [6.45, 7) is 2.48. The minimum atomic E-state index is -0.711. The van der Waals surface area contributed by atoms with E-state index in [1.807, 2.05) is 6.07 Å². The van der Waals surface area contributed by atoms with Gasteiger partial charge in [0, 0.05) is 17.4 Å². The van der Waals surface area contributed by atoms with Crippen molar-refractivity contribution < 1.29 is 19.1 Å². The predicted molar refractivity (Wildman–Crippen MR) is 87.2 cm³/mol. The molecule has 4 rings (SSSR count). The monoisotopic (exact) mass is 344 g/mol. The number of fused-ring (bicyclic) bond motifs is 2. The average molecular weight is 344 g/mol. The van der Waals surface area contributed by atoms with Gasteiger partial charge in [-0.3, -0.25) is 19.7 Å². The molecule has 1 aromatic rings. The molecule has 3 amide bonds. The maximum absolute atomic E-state index is 12.4. The van der Waals surface area contributed by atoms with Crippen LogP contribution in [0.3, 0.4) is 0 Å². The Morgan fingerprint density at radius 3 is 2.84 bits per heavy atom. The fourth-order valence-corrected chi connectivity index (χ4v) is 3.75. The number of hydrogen-bond donors (Lipinski definition) is 3. The summed E-state index contributed by atoms with van der Waals surface area (Å²) in [6, 6.07) is 2.88. The maximum Gasteiger partial charge on any atom is 0.270 e. The van der Waals surface area contributed by atoms with Crippen LogP contribution in [0.1, 0.15) is 41.7 Å². The van der Waals surface area contributed by atoms with Crippen LogP contribution < -0.4 is 20.7 Å². The number of carbonyl (C=O) groups excluding carboxylic acids is 3. The standard InChI is InChI=1S/C17H20N4O4/c22-13-4-3-11(15(24)21-13)19-14(23)12-2-1-10-16(20-12)25-9-17(10)5-7-18-8-6-17/h1-2,11,18H,3-9H2,(H,19,23)(H,21,22,24). The highest BCUT2D eigenvalue weighted by atomic mass is 16.5. The molecule has 1 aromatic heterocycles. The van der Waals surface area contributed by atoms with Crippen molar-refractivity contribution in [2.45, 2.75) is 37.1 Å². The zero-order valence-electron chi connectivity index (χ0n) is 13.8. The highest BCUT2D eigenvalue weighted by molar-refractivity contribution is 6.03. The van der Waals surface area contributed by atoms with Crippen molar-refractivity contribution in [2.75, 3.05) is 19.7 Å². The van der Waals surface area contributed by atoms with Gasteiger partial charge in [-0.15, -0.1) is 0 Å². The van der Waals surface area contributed by atoms with Crippen LogP contribution in [0.15, 0.2) is 12.1 Å². The summed E-state index contributed by atoms with van der Waals surface area (Å²) >= 11 is 0. The molecule has 3 aliphatic heterocycles. The number of nitrogens with zero attached hydrogens (tertiary/aromatic N) is 1. The van der Waals surface area contributed by atoms with Crippen molar-refractivity contribution in [3.05, 3.63) is 23.4 Å². The van der Waals surface area contributed by atoms with Crippen LogP contribution >= 0.6 is 0 Å². The molecular weight excluding hydrogens is 324 g/mol. The molecule has 1 unspecified atom stereocenters. The molecule has 0 bridgehead atoms. The summed E-state index contributed by atoms with van der Waals surface area (Å²) in [7, 11) is 0. The number of nitrogens with one attached hydrogen (secondary N) is 3. The van der Waals surface area contributed by atoms with Gasteiger partial charge in [-0.05, 0) is 38.4 Å². The lowest BCUT2D eigenvalue weighted by atomic mass is 9.75. The van der Waals surface area contributed by atoms with Gasteiger partial charge in [0.2, 0.25) is 17.7 Å². The fraction of sp³-hybridized carbons (Fsp3) is 0.529. The normalized spacial score (nSPS) is 24.4. The van der Waals surface area contributed by atoms with Gasteiger partial charge >= 0.3 is 0 Å². The molecule has 0 aliphatic carbocycles. The van der Waals surface area contributed by atoms with Gasteiger partial charge in [0.15, 0.2) is 0 Å². The Morgan fingerprint density at radius 1 is 1.28 bits per heavy atom. The third-order valence-electron chi connectivity index (χ3n) is 5.25. The molecule has 2 saturated heterocycles. The maximum atomic E-state index is 12.4. The largest absolute Gasteiger partial charge is 0.476 e. The molecule has 25 heavy (non-hydrogen) atoms. The van der Waals surface area contributed by atoms with Gasteiger partial charge in [0.25, 0.3) is 5.91 Å². The number of imide groups is 1. The Labute approximate surface area is 144 Å². The average Bonchev–Trinajstić information content (AvgIpc) is 2.95. The van der Waals surface area contributed by atoms with Crippen LogP contribution in [0.25, 0.3) is 0 Å². The third kappa shape index (κ3) is 2.86. The number of pyridine rings is 1. The number of carbonyl (C=O) groups is 3. The molecule has 132 valence electrons. The van der Waals surface area contributed by atoms with E-state index in [1.165, 1.54) is 0 Å². The van der Waals surface area contributed by atoms with Crippen molar-refractivity contribution in [2.24, 2.45) is 0 Å². The summed E-state index contributed by atoms with van der Waals surface area (Å²) in [4.78, 5) is 39.7. The van der Waals surface area contributed by atoms with Gasteiger partial charge in [-0.1, -0.05) is 6.07 Å². The number of aromatic nitrogens is 1. The number of piperidine rings is 2. The van der Waals surface area contributed by atoms with Crippen molar-refractivity contribution in [1.29, 1.82) is 0 Å². The van der Waals surface area contributed by atoms with Crippen molar-refractivity contribution in [1.82, 2.24) is 20.9 Å². The van der Waals surface area contributed by atoms with E-state index in [2.05, 4.69) is 20.9 Å². The minimum absolute atomic E-state index is 0.00773. The first-order valence-corrected chi connectivity index (χ1v) is 8.57. The first-order chi connectivity index (χ1) is 12.1. The van der Waals surface area contributed by atoms with Crippen LogP contribution in [0.4, 0.5) is 0 Å². The zero-order chi connectivity index (χ0) is 17.4. The molecule has 1 atom stereocenters. The second-order valence-corrected chi connectivity index (χ2v) is 6.85. The number of amides is 3. The van der Waals surface area contributed by atoms with Crippen LogP contribution in [0.5, 0.6) is 5.88 Å². The second kappa shape index (κ2) is 6.11. The smallest absolute Gasteiger partial charge is 0.270 e. The minimum Gasteiger partial charge on any atom is -0.476 e. The summed E-state index contributed by atoms with van der Waals surface area (Å²) in [6.07, 6.45) is 2.49. The fourth-order valence-electron chi connectivity index (χ4n) is 3.75. The van der Waals surface area contributed by atoms with E-state index in [-0.39, 0.29) is 23.4 Å². The number of ether oxygens (including phenoxy) is 1. The quantitative estimate of drug-likeness (QED) is 0.632. The van der Waals surface area contributed by atoms with Gasteiger partial charge in [-0.25, -0.2) is 4.98 Å². The van der Waals surface area contributed by atoms with E-state index >= 15 is 0 Å². The van der Waals surface area contributed by atoms with Gasteiger partial charge in [0.1, 0.15) is 11.7 Å². The van der Waals surface area contributed by atoms with Crippen molar-refractivity contribution >= 4 is 17.7 Å². The molecule has 4 heterocycles. The molecule has 8 heteroatoms. The second-order valence-electron chi connectivity index (χ2n) is 6.85. The molecule has 0 radical (unpaired) electrons. The van der Waals surface area contributed by atoms with E-state index in [0.29, 0.717) is 18.9 Å². The Kier molecular flexibility index (Phi) is 3.91. The molecule has 3 N–H and O–H groups in total. The lowest BCUT2D eigenvalue weighted by Crippen LogP contribution is -2.52. The summed E-state index contributed by atoms with van der Waals surface area (Å²) in [5.41, 5.74) is 1.27. The molecule has 2 fully saturated rings. The highest BCUT2D eigenvalue weighted by Gasteiger charge is 2.42. The molecule has 0 aromatic carbocycles. The van der Waals surface area contributed by atoms with Crippen LogP contribution in [0, 0.1) is 0 Å². The predicted octanol–water partition coefficient (Wildman–Crippen LogP) is -0.370. The summed E-state index contributed by atoms with van der Waals surface area (Å²) in [5, 5.41) is 8.21. The zero-order valence-corrected chi connectivity index (χ0v) is 13.8. The summed E-state index contributed by atoms with van der Waals surface area (Å²) in [5.74, 6) is -0.715. The van der Waals surface area contributed by atoms with E-state index in [9.17, 15) is 14.4 Å². The van der Waals surface area contributed by atoms with Gasteiger partial charge in [-0.2, -0.15) is 0 Å². The molecular formula is C17H20N4O4. The first kappa shape index (κ1) is 16.0. The van der Waals surface area contributed by atoms with Crippen LogP contribution in [-0.4, -0.2) is 48.4 Å². The lowest BCUT2D eigenvalue weighted by Gasteiger charge is -2.32. The van der Waals surface area contributed by atoms with Crippen molar-refractivity contribution in [3.63, 3.8) is 0 Å². The summed E-state index contributed by atoms with van der Waals surface area (Å²) < 4.78 is 5.76. The molecule has 8 nitrogen and oxygen atoms in total. The molecule has 0 saturated carbocycles. The van der Waals surface area contributed by atoms with Crippen molar-refractivity contribution in [3.8, 4) is 5.88 Å². The Balaban J connectivity index is 1.50. The number of rotatable bonds is 2. The Bertz CT molecular complexity index is 742. The third-order valence-corrected chi connectivity index (χ3v) is 5.25. The van der Waals surface area contributed by atoms with E-state index in [1.54, 1.807) is 6.07 Å². The highest BCUT2D eigenvalue weighted by Crippen LogP contribution is 2.43. The lowest BCUT2D eigenvalue weighted by molar-refractivity contribution is -0.134. The van der Waals surface area contributed by atoms with Crippen LogP contribution in [-0.2, 0) is 15.0 Å². The topological polar surface area (TPSA) is 109 Å². The Morgan fingerprint density at radius 2 is 2.08 bits per heavy atom. The van der Waals surface area contributed by atoms with E-state index < -0.39 is 17.9 Å². The Hall–Kier alpha value is -2.48. The SMILES string of the molecule is O=C1CCC(NC(=O)c2ccc3c(n2)OCC32CCNCC2)C(=O)N1. The van der Waals surface area contributed by atoms with Crippen LogP contribution in [0.2, 0.25) is 0 Å².